The number of carbonyl (C=O) groups excluding carboxylic acids is 2. The van der Waals surface area contributed by atoms with Crippen molar-refractivity contribution in [3.8, 4) is 5.75 Å². The van der Waals surface area contributed by atoms with Crippen LogP contribution in [0.5, 0.6) is 5.75 Å². The van der Waals surface area contributed by atoms with Crippen molar-refractivity contribution < 1.29 is 22.7 Å². The first-order valence-electron chi connectivity index (χ1n) is 13.8. The molecule has 1 unspecified atom stereocenters. The van der Waals surface area contributed by atoms with Crippen LogP contribution in [-0.2, 0) is 32.6 Å². The van der Waals surface area contributed by atoms with Gasteiger partial charge < -0.3 is 15.0 Å². The molecule has 0 heterocycles. The van der Waals surface area contributed by atoms with Crippen LogP contribution in [0.2, 0.25) is 0 Å². The van der Waals surface area contributed by atoms with Crippen LogP contribution < -0.4 is 14.4 Å². The molecule has 0 aromatic heterocycles. The van der Waals surface area contributed by atoms with Crippen molar-refractivity contribution >= 4 is 27.5 Å². The van der Waals surface area contributed by atoms with Gasteiger partial charge in [-0.3, -0.25) is 13.9 Å². The van der Waals surface area contributed by atoms with E-state index in [-0.39, 0.29) is 18.9 Å². The SMILES string of the molecule is CCCCNC(=O)C(Cc1ccccc1)N(Cc1cccc(OC)c1)C(=O)CN(c1ccc(C)c(C)c1)S(C)(=O)=O. The Morgan fingerprint density at radius 2 is 1.63 bits per heavy atom. The number of carbonyl (C=O) groups is 2. The van der Waals surface area contributed by atoms with E-state index < -0.39 is 28.5 Å². The summed E-state index contributed by atoms with van der Waals surface area (Å²) in [6.07, 6.45) is 3.08. The summed E-state index contributed by atoms with van der Waals surface area (Å²) in [6, 6.07) is 21.2. The number of nitrogens with zero attached hydrogens (tertiary/aromatic N) is 2. The van der Waals surface area contributed by atoms with Crippen LogP contribution in [0.3, 0.4) is 0 Å². The maximum Gasteiger partial charge on any atom is 0.244 e. The third-order valence-electron chi connectivity index (χ3n) is 7.05. The van der Waals surface area contributed by atoms with Gasteiger partial charge in [-0.15, -0.1) is 0 Å². The summed E-state index contributed by atoms with van der Waals surface area (Å²) in [5, 5.41) is 2.99. The molecule has 0 saturated heterocycles. The van der Waals surface area contributed by atoms with Gasteiger partial charge in [-0.25, -0.2) is 8.42 Å². The molecule has 0 aliphatic heterocycles. The number of rotatable bonds is 14. The van der Waals surface area contributed by atoms with E-state index in [1.807, 2.05) is 75.4 Å². The molecule has 0 fully saturated rings. The fourth-order valence-corrected chi connectivity index (χ4v) is 5.36. The van der Waals surface area contributed by atoms with Crippen LogP contribution in [0.25, 0.3) is 0 Å². The second kappa shape index (κ2) is 14.7. The first-order valence-corrected chi connectivity index (χ1v) is 15.7. The molecule has 0 aliphatic carbocycles. The number of sulfonamides is 1. The molecule has 220 valence electrons. The highest BCUT2D eigenvalue weighted by Gasteiger charge is 2.33. The van der Waals surface area contributed by atoms with Crippen molar-refractivity contribution in [2.24, 2.45) is 0 Å². The Bertz CT molecular complexity index is 1430. The molecular formula is C32H41N3O5S. The molecule has 0 spiro atoms. The molecule has 1 N–H and O–H groups in total. The molecule has 3 rings (SSSR count). The lowest BCUT2D eigenvalue weighted by atomic mass is 10.0. The normalized spacial score (nSPS) is 11.9. The van der Waals surface area contributed by atoms with Crippen LogP contribution in [0.1, 0.15) is 42.0 Å². The van der Waals surface area contributed by atoms with E-state index >= 15 is 0 Å². The van der Waals surface area contributed by atoms with Crippen LogP contribution in [-0.4, -0.2) is 57.6 Å². The third-order valence-corrected chi connectivity index (χ3v) is 8.19. The molecular weight excluding hydrogens is 538 g/mol. The number of methoxy groups -OCH3 is 1. The van der Waals surface area contributed by atoms with Gasteiger partial charge >= 0.3 is 0 Å². The van der Waals surface area contributed by atoms with Gasteiger partial charge in [0.15, 0.2) is 0 Å². The van der Waals surface area contributed by atoms with Crippen LogP contribution in [0.15, 0.2) is 72.8 Å². The van der Waals surface area contributed by atoms with Crippen molar-refractivity contribution in [3.63, 3.8) is 0 Å². The van der Waals surface area contributed by atoms with Crippen molar-refractivity contribution in [2.45, 2.75) is 52.6 Å². The summed E-state index contributed by atoms with van der Waals surface area (Å²) in [7, 11) is -2.25. The lowest BCUT2D eigenvalue weighted by Crippen LogP contribution is -2.53. The number of aryl methyl sites for hydroxylation is 2. The van der Waals surface area contributed by atoms with Crippen LogP contribution in [0, 0.1) is 13.8 Å². The average Bonchev–Trinajstić information content (AvgIpc) is 2.95. The predicted octanol–water partition coefficient (Wildman–Crippen LogP) is 4.63. The summed E-state index contributed by atoms with van der Waals surface area (Å²) >= 11 is 0. The molecule has 8 nitrogen and oxygen atoms in total. The molecule has 0 radical (unpaired) electrons. The first kappa shape index (κ1) is 31.7. The zero-order chi connectivity index (χ0) is 30.0. The molecule has 9 heteroatoms. The Morgan fingerprint density at radius 1 is 0.927 bits per heavy atom. The maximum atomic E-state index is 14.2. The largest absolute Gasteiger partial charge is 0.497 e. The van der Waals surface area contributed by atoms with Gasteiger partial charge in [-0.2, -0.15) is 0 Å². The zero-order valence-corrected chi connectivity index (χ0v) is 25.4. The zero-order valence-electron chi connectivity index (χ0n) is 24.6. The van der Waals surface area contributed by atoms with Crippen molar-refractivity contribution in [1.29, 1.82) is 0 Å². The van der Waals surface area contributed by atoms with Crippen molar-refractivity contribution in [2.75, 3.05) is 30.8 Å². The second-order valence-corrected chi connectivity index (χ2v) is 12.2. The molecule has 3 aromatic carbocycles. The maximum absolute atomic E-state index is 14.2. The number of anilines is 1. The number of hydrogen-bond donors (Lipinski definition) is 1. The highest BCUT2D eigenvalue weighted by atomic mass is 32.2. The predicted molar refractivity (Wildman–Crippen MR) is 164 cm³/mol. The molecule has 0 saturated carbocycles. The topological polar surface area (TPSA) is 96.0 Å². The van der Waals surface area contributed by atoms with E-state index in [2.05, 4.69) is 5.32 Å². The quantitative estimate of drug-likeness (QED) is 0.281. The van der Waals surface area contributed by atoms with Gasteiger partial charge in [0.25, 0.3) is 0 Å². The van der Waals surface area contributed by atoms with E-state index in [1.165, 1.54) is 4.90 Å². The lowest BCUT2D eigenvalue weighted by Gasteiger charge is -2.33. The third kappa shape index (κ3) is 9.08. The van der Waals surface area contributed by atoms with E-state index in [0.29, 0.717) is 18.0 Å². The minimum atomic E-state index is -3.82. The molecule has 0 aliphatic rings. The van der Waals surface area contributed by atoms with Crippen molar-refractivity contribution in [3.05, 3.63) is 95.1 Å². The highest BCUT2D eigenvalue weighted by Crippen LogP contribution is 2.23. The standard InChI is InChI=1S/C32H41N3O5S/c1-6-7-18-33-32(37)30(21-26-12-9-8-10-13-26)34(22-27-14-11-15-29(20-27)40-4)31(36)23-35(41(5,38)39)28-17-16-24(2)25(3)19-28/h8-17,19-20,30H,6-7,18,21-23H2,1-5H3,(H,33,37). The monoisotopic (exact) mass is 579 g/mol. The summed E-state index contributed by atoms with van der Waals surface area (Å²) in [5.74, 6) is -0.145. The fourth-order valence-electron chi connectivity index (χ4n) is 4.52. The van der Waals surface area contributed by atoms with Crippen molar-refractivity contribution in [1.82, 2.24) is 10.2 Å². The molecule has 1 atom stereocenters. The summed E-state index contributed by atoms with van der Waals surface area (Å²) < 4.78 is 32.4. The fraction of sp³-hybridized carbons (Fsp3) is 0.375. The van der Waals surface area contributed by atoms with E-state index in [1.54, 1.807) is 25.3 Å². The average molecular weight is 580 g/mol. The number of benzene rings is 3. The Hall–Kier alpha value is -3.85. The summed E-state index contributed by atoms with van der Waals surface area (Å²) in [5.41, 5.74) is 3.97. The lowest BCUT2D eigenvalue weighted by molar-refractivity contribution is -0.140. The number of hydrogen-bond acceptors (Lipinski definition) is 5. The molecule has 2 amide bonds. The molecule has 0 bridgehead atoms. The summed E-state index contributed by atoms with van der Waals surface area (Å²) in [4.78, 5) is 29.3. The van der Waals surface area contributed by atoms with Gasteiger partial charge in [0.05, 0.1) is 19.1 Å². The second-order valence-electron chi connectivity index (χ2n) is 10.3. The van der Waals surface area contributed by atoms with Crippen LogP contribution in [0.4, 0.5) is 5.69 Å². The summed E-state index contributed by atoms with van der Waals surface area (Å²) in [6.45, 7) is 6.01. The minimum Gasteiger partial charge on any atom is -0.497 e. The Balaban J connectivity index is 2.06. The highest BCUT2D eigenvalue weighted by molar-refractivity contribution is 7.92. The minimum absolute atomic E-state index is 0.0965. The Labute approximate surface area is 244 Å². The van der Waals surface area contributed by atoms with E-state index in [0.717, 1.165) is 45.7 Å². The van der Waals surface area contributed by atoms with Gasteiger partial charge in [-0.1, -0.05) is 61.9 Å². The van der Waals surface area contributed by atoms with Gasteiger partial charge in [0, 0.05) is 19.5 Å². The van der Waals surface area contributed by atoms with Crippen LogP contribution >= 0.6 is 0 Å². The number of ether oxygens (including phenoxy) is 1. The first-order chi connectivity index (χ1) is 19.5. The molecule has 3 aromatic rings. The van der Waals surface area contributed by atoms with E-state index in [9.17, 15) is 18.0 Å². The number of amides is 2. The molecule has 41 heavy (non-hydrogen) atoms. The number of nitrogens with one attached hydrogen (secondary N) is 1. The van der Waals surface area contributed by atoms with Gasteiger partial charge in [-0.05, 0) is 66.8 Å². The number of unbranched alkanes of at least 4 members (excludes halogenated alkanes) is 1. The van der Waals surface area contributed by atoms with Gasteiger partial charge in [0.1, 0.15) is 18.3 Å². The van der Waals surface area contributed by atoms with Gasteiger partial charge in [0.2, 0.25) is 21.8 Å². The smallest absolute Gasteiger partial charge is 0.244 e. The Kier molecular flexibility index (Phi) is 11.3. The Morgan fingerprint density at radius 3 is 2.27 bits per heavy atom. The van der Waals surface area contributed by atoms with E-state index in [4.69, 9.17) is 4.74 Å².